The molecule has 138 valence electrons. The molecular weight excluding hydrogens is 346 g/mol. The smallest absolute Gasteiger partial charge is 0.271 e. The highest BCUT2D eigenvalue weighted by Crippen LogP contribution is 2.26. The zero-order valence-electron chi connectivity index (χ0n) is 14.6. The average molecular weight is 365 g/mol. The van der Waals surface area contributed by atoms with Gasteiger partial charge >= 0.3 is 0 Å². The van der Waals surface area contributed by atoms with Gasteiger partial charge in [-0.2, -0.15) is 0 Å². The molecule has 9 nitrogen and oxygen atoms in total. The molecule has 3 rings (SSSR count). The van der Waals surface area contributed by atoms with E-state index in [-0.39, 0.29) is 11.5 Å². The topological polar surface area (TPSA) is 149 Å². The first kappa shape index (κ1) is 18.1. The number of hydrogen-bond donors (Lipinski definition) is 4. The Balaban J connectivity index is 2.00. The number of nitrogens with two attached hydrogens (primary N) is 2. The Morgan fingerprint density at radius 1 is 1.15 bits per heavy atom. The van der Waals surface area contributed by atoms with Crippen LogP contribution < -0.4 is 22.1 Å². The van der Waals surface area contributed by atoms with Gasteiger partial charge in [-0.3, -0.25) is 14.6 Å². The fourth-order valence-electron chi connectivity index (χ4n) is 2.62. The summed E-state index contributed by atoms with van der Waals surface area (Å²) in [4.78, 5) is 35.9. The zero-order valence-corrected chi connectivity index (χ0v) is 14.6. The summed E-state index contributed by atoms with van der Waals surface area (Å²) in [6.07, 6.45) is 3.51. The number of aromatic nitrogens is 3. The van der Waals surface area contributed by atoms with Gasteiger partial charge < -0.3 is 22.1 Å². The van der Waals surface area contributed by atoms with Crippen molar-refractivity contribution in [3.05, 3.63) is 48.4 Å². The number of nitrogens with one attached hydrogen (secondary N) is 2. The molecule has 0 aliphatic rings. The number of hydrogen-bond acceptors (Lipinski definition) is 7. The summed E-state index contributed by atoms with van der Waals surface area (Å²) >= 11 is 0. The van der Waals surface area contributed by atoms with Crippen LogP contribution in [0.4, 0.5) is 17.3 Å². The molecule has 0 radical (unpaired) electrons. The van der Waals surface area contributed by atoms with Crippen molar-refractivity contribution in [1.82, 2.24) is 15.0 Å². The Kier molecular flexibility index (Phi) is 5.11. The van der Waals surface area contributed by atoms with E-state index in [9.17, 15) is 9.59 Å². The van der Waals surface area contributed by atoms with Crippen LogP contribution in [0.1, 0.15) is 23.8 Å². The molecule has 0 aliphatic heterocycles. The monoisotopic (exact) mass is 365 g/mol. The van der Waals surface area contributed by atoms with Crippen LogP contribution in [-0.4, -0.2) is 32.8 Å². The van der Waals surface area contributed by atoms with Crippen LogP contribution in [0.3, 0.4) is 0 Å². The number of anilines is 3. The fraction of sp³-hybridized carbons (Fsp3) is 0.167. The first-order valence-corrected chi connectivity index (χ1v) is 8.33. The van der Waals surface area contributed by atoms with Gasteiger partial charge in [0.05, 0.1) is 11.7 Å². The predicted molar refractivity (Wildman–Crippen MR) is 102 cm³/mol. The van der Waals surface area contributed by atoms with E-state index in [0.29, 0.717) is 17.9 Å². The number of fused-ring (bicyclic) bond motifs is 1. The van der Waals surface area contributed by atoms with E-state index >= 15 is 0 Å². The van der Waals surface area contributed by atoms with Gasteiger partial charge in [-0.25, -0.2) is 9.97 Å². The van der Waals surface area contributed by atoms with E-state index in [0.717, 1.165) is 10.9 Å². The molecule has 0 bridgehead atoms. The van der Waals surface area contributed by atoms with Gasteiger partial charge in [0.25, 0.3) is 5.91 Å². The van der Waals surface area contributed by atoms with Crippen LogP contribution >= 0.6 is 0 Å². The minimum Gasteiger partial charge on any atom is -0.368 e. The molecule has 3 aromatic rings. The normalized spacial score (nSPS) is 11.7. The van der Waals surface area contributed by atoms with E-state index < -0.39 is 17.9 Å². The Labute approximate surface area is 155 Å². The van der Waals surface area contributed by atoms with Crippen LogP contribution in [0.2, 0.25) is 0 Å². The molecule has 0 spiro atoms. The van der Waals surface area contributed by atoms with E-state index in [4.69, 9.17) is 11.5 Å². The van der Waals surface area contributed by atoms with Gasteiger partial charge in [-0.1, -0.05) is 13.0 Å². The third-order valence-electron chi connectivity index (χ3n) is 3.98. The molecule has 2 aromatic heterocycles. The summed E-state index contributed by atoms with van der Waals surface area (Å²) in [6.45, 7) is 1.82. The second kappa shape index (κ2) is 7.65. The first-order chi connectivity index (χ1) is 13.0. The van der Waals surface area contributed by atoms with Gasteiger partial charge in [0.2, 0.25) is 5.91 Å². The van der Waals surface area contributed by atoms with Crippen LogP contribution in [0.5, 0.6) is 0 Å². The number of carbonyl (C=O) groups excluding carboxylic acids is 2. The molecule has 1 atom stereocenters. The maximum atomic E-state index is 11.7. The highest BCUT2D eigenvalue weighted by Gasteiger charge is 2.17. The number of rotatable bonds is 7. The number of benzene rings is 1. The number of amides is 2. The van der Waals surface area contributed by atoms with Crippen LogP contribution in [-0.2, 0) is 4.79 Å². The van der Waals surface area contributed by atoms with Crippen molar-refractivity contribution >= 4 is 40.0 Å². The van der Waals surface area contributed by atoms with Gasteiger partial charge in [0.15, 0.2) is 11.5 Å². The van der Waals surface area contributed by atoms with Gasteiger partial charge in [-0.15, -0.1) is 0 Å². The second-order valence-corrected chi connectivity index (χ2v) is 5.82. The lowest BCUT2D eigenvalue weighted by molar-refractivity contribution is -0.118. The Morgan fingerprint density at radius 3 is 2.67 bits per heavy atom. The lowest BCUT2D eigenvalue weighted by Crippen LogP contribution is -2.35. The van der Waals surface area contributed by atoms with Crippen molar-refractivity contribution in [3.8, 4) is 0 Å². The first-order valence-electron chi connectivity index (χ1n) is 8.33. The summed E-state index contributed by atoms with van der Waals surface area (Å²) in [5, 5.41) is 6.84. The second-order valence-electron chi connectivity index (χ2n) is 5.82. The summed E-state index contributed by atoms with van der Waals surface area (Å²) < 4.78 is 0. The number of nitrogens with zero attached hydrogens (tertiary/aromatic N) is 3. The van der Waals surface area contributed by atoms with E-state index in [1.54, 1.807) is 6.20 Å². The molecule has 0 unspecified atom stereocenters. The maximum Gasteiger partial charge on any atom is 0.271 e. The SMILES string of the molecule is CC[C@@H](Nc1cnc(C(N)=O)c(Nc2cccc3ncccc23)n1)C(N)=O. The van der Waals surface area contributed by atoms with Crippen molar-refractivity contribution in [2.24, 2.45) is 11.5 Å². The molecule has 6 N–H and O–H groups in total. The third kappa shape index (κ3) is 3.92. The summed E-state index contributed by atoms with van der Waals surface area (Å²) in [5.74, 6) is -0.764. The molecule has 2 heterocycles. The lowest BCUT2D eigenvalue weighted by atomic mass is 10.2. The van der Waals surface area contributed by atoms with Crippen molar-refractivity contribution < 1.29 is 9.59 Å². The molecule has 2 amide bonds. The molecule has 0 aliphatic carbocycles. The minimum absolute atomic E-state index is 0.0198. The largest absolute Gasteiger partial charge is 0.368 e. The molecule has 0 saturated carbocycles. The van der Waals surface area contributed by atoms with Gasteiger partial charge in [-0.05, 0) is 30.7 Å². The molecule has 1 aromatic carbocycles. The summed E-state index contributed by atoms with van der Waals surface area (Å²) in [6, 6.07) is 8.63. The average Bonchev–Trinajstić information content (AvgIpc) is 2.66. The number of carbonyl (C=O) groups is 2. The Hall–Kier alpha value is -3.75. The quantitative estimate of drug-likeness (QED) is 0.496. The Bertz CT molecular complexity index is 1000. The van der Waals surface area contributed by atoms with Gasteiger partial charge in [0, 0.05) is 17.3 Å². The van der Waals surface area contributed by atoms with Gasteiger partial charge in [0.1, 0.15) is 11.9 Å². The maximum absolute atomic E-state index is 11.7. The van der Waals surface area contributed by atoms with Crippen molar-refractivity contribution in [1.29, 1.82) is 0 Å². The van der Waals surface area contributed by atoms with Crippen LogP contribution in [0.25, 0.3) is 10.9 Å². The van der Waals surface area contributed by atoms with E-state index in [2.05, 4.69) is 25.6 Å². The van der Waals surface area contributed by atoms with Crippen molar-refractivity contribution in [2.45, 2.75) is 19.4 Å². The fourth-order valence-corrected chi connectivity index (χ4v) is 2.62. The molecule has 9 heteroatoms. The van der Waals surface area contributed by atoms with Crippen molar-refractivity contribution in [3.63, 3.8) is 0 Å². The predicted octanol–water partition coefficient (Wildman–Crippen LogP) is 1.54. The Morgan fingerprint density at radius 2 is 1.96 bits per heavy atom. The van der Waals surface area contributed by atoms with Crippen LogP contribution in [0.15, 0.2) is 42.7 Å². The number of pyridine rings is 1. The standard InChI is InChI=1S/C18H19N7O2/c1-2-11(16(19)26)23-14-9-22-15(17(20)27)18(25-14)24-13-7-3-6-12-10(13)5-4-8-21-12/h3-9,11H,2H2,1H3,(H2,19,26)(H2,20,27)(H2,23,24,25)/t11-/m1/s1. The van der Waals surface area contributed by atoms with Crippen molar-refractivity contribution in [2.75, 3.05) is 10.6 Å². The molecular formula is C18H19N7O2. The lowest BCUT2D eigenvalue weighted by Gasteiger charge is -2.16. The minimum atomic E-state index is -0.725. The molecule has 0 saturated heterocycles. The highest BCUT2D eigenvalue weighted by molar-refractivity contribution is 5.99. The van der Waals surface area contributed by atoms with E-state index in [1.807, 2.05) is 37.3 Å². The molecule has 27 heavy (non-hydrogen) atoms. The van der Waals surface area contributed by atoms with E-state index in [1.165, 1.54) is 6.20 Å². The summed E-state index contributed by atoms with van der Waals surface area (Å²) in [7, 11) is 0. The third-order valence-corrected chi connectivity index (χ3v) is 3.98. The zero-order chi connectivity index (χ0) is 19.4. The number of primary amides is 2. The highest BCUT2D eigenvalue weighted by atomic mass is 16.1. The summed E-state index contributed by atoms with van der Waals surface area (Å²) in [5.41, 5.74) is 12.2. The van der Waals surface area contributed by atoms with Crippen LogP contribution in [0, 0.1) is 0 Å². The molecule has 0 fully saturated rings.